The number of amides is 1. The number of carboxylic acids is 1. The third-order valence-electron chi connectivity index (χ3n) is 7.28. The van der Waals surface area contributed by atoms with E-state index in [9.17, 15) is 29.0 Å². The summed E-state index contributed by atoms with van der Waals surface area (Å²) in [6, 6.07) is -1.09. The van der Waals surface area contributed by atoms with Crippen LogP contribution in [0.3, 0.4) is 0 Å². The summed E-state index contributed by atoms with van der Waals surface area (Å²) >= 11 is 0. The molecule has 11 heteroatoms. The molecule has 244 valence electrons. The van der Waals surface area contributed by atoms with Crippen molar-refractivity contribution in [1.29, 1.82) is 0 Å². The van der Waals surface area contributed by atoms with Crippen LogP contribution in [0.5, 0.6) is 0 Å². The first-order valence-electron chi connectivity index (χ1n) is 15.8. The Hall–Kier alpha value is -1.03. The third-order valence-corrected chi connectivity index (χ3v) is 7.88. The van der Waals surface area contributed by atoms with Gasteiger partial charge in [-0.05, 0) is 20.3 Å². The van der Waals surface area contributed by atoms with Crippen LogP contribution >= 0.6 is 7.82 Å². The number of likely N-dealkylation sites (N-methyl/N-ethyl adjacent to an activating group) is 1. The van der Waals surface area contributed by atoms with E-state index in [0.717, 1.165) is 19.3 Å². The summed E-state index contributed by atoms with van der Waals surface area (Å²) in [6.45, 7) is 5.85. The van der Waals surface area contributed by atoms with Crippen molar-refractivity contribution in [3.63, 3.8) is 0 Å². The number of phosphoric ester groups is 1. The van der Waals surface area contributed by atoms with Crippen molar-refractivity contribution in [1.82, 2.24) is 5.32 Å². The van der Waals surface area contributed by atoms with Crippen LogP contribution in [0.2, 0.25) is 0 Å². The Kier molecular flexibility index (Phi) is 21.1. The molecule has 0 aromatic rings. The fourth-order valence-corrected chi connectivity index (χ4v) is 6.33. The van der Waals surface area contributed by atoms with Gasteiger partial charge in [0.1, 0.15) is 6.54 Å². The second kappa shape index (κ2) is 21.6. The maximum Gasteiger partial charge on any atom is 0.470 e. The average molecular weight is 610 g/mol. The Morgan fingerprint density at radius 3 is 1.63 bits per heavy atom. The Bertz CT molecular complexity index is 755. The van der Waals surface area contributed by atoms with Crippen molar-refractivity contribution in [2.75, 3.05) is 34.3 Å². The smallest absolute Gasteiger partial charge is 0.470 e. The highest BCUT2D eigenvalue weighted by Gasteiger charge is 2.53. The number of quaternary nitrogens is 1. The predicted molar refractivity (Wildman–Crippen MR) is 164 cm³/mol. The molecule has 41 heavy (non-hydrogen) atoms. The van der Waals surface area contributed by atoms with Crippen molar-refractivity contribution >= 4 is 19.7 Å². The first-order chi connectivity index (χ1) is 19.2. The van der Waals surface area contributed by atoms with Gasteiger partial charge >= 0.3 is 13.8 Å². The molecule has 0 bridgehead atoms. The molecule has 0 saturated heterocycles. The minimum absolute atomic E-state index is 0.0776. The van der Waals surface area contributed by atoms with E-state index < -0.39 is 38.0 Å². The largest absolute Gasteiger partial charge is 0.481 e. The van der Waals surface area contributed by atoms with Crippen LogP contribution in [-0.2, 0) is 23.4 Å². The number of aliphatic carboxylic acids is 1. The monoisotopic (exact) mass is 609 g/mol. The molecule has 3 unspecified atom stereocenters. The Labute approximate surface area is 249 Å². The van der Waals surface area contributed by atoms with Crippen LogP contribution in [0.1, 0.15) is 130 Å². The van der Waals surface area contributed by atoms with Gasteiger partial charge in [-0.2, -0.15) is 0 Å². The van der Waals surface area contributed by atoms with Gasteiger partial charge in [0.15, 0.2) is 5.60 Å². The van der Waals surface area contributed by atoms with E-state index in [4.69, 9.17) is 9.26 Å². The van der Waals surface area contributed by atoms with Crippen molar-refractivity contribution in [2.45, 2.75) is 148 Å². The molecule has 0 heterocycles. The first-order valence-corrected chi connectivity index (χ1v) is 17.4. The number of nitrogens with one attached hydrogen (secondary N) is 1. The number of ether oxygens (including phenoxy) is 1. The summed E-state index contributed by atoms with van der Waals surface area (Å²) in [5.41, 5.74) is -1.90. The molecule has 0 radical (unpaired) electrons. The molecule has 0 aromatic heterocycles. The molecule has 10 nitrogen and oxygen atoms in total. The average Bonchev–Trinajstić information content (AvgIpc) is 2.82. The zero-order valence-corrected chi connectivity index (χ0v) is 27.8. The van der Waals surface area contributed by atoms with E-state index in [2.05, 4.69) is 12.2 Å². The van der Waals surface area contributed by atoms with Gasteiger partial charge in [0.05, 0.1) is 39.7 Å². The Morgan fingerprint density at radius 1 is 0.829 bits per heavy atom. The maximum atomic E-state index is 13.0. The highest BCUT2D eigenvalue weighted by Crippen LogP contribution is 2.45. The number of carbonyl (C=O) groups is 2. The third kappa shape index (κ3) is 21.3. The minimum Gasteiger partial charge on any atom is -0.481 e. The standard InChI is InChI=1S/C30H61N2O8P/c1-7-9-10-11-12-13-14-15-16-17-18-19-20-21-22-23-27(33)31-29(26(3)39-8-2)30(24-28(34)35,25-32(4,5)6)40-41(36,37)38/h26,29H,7-25H2,1-6H3,(H3-,31,33,34,35,36,37,38)/p+1. The topological polar surface area (TPSA) is 142 Å². The lowest BCUT2D eigenvalue weighted by molar-refractivity contribution is -0.876. The molecular weight excluding hydrogens is 547 g/mol. The summed E-state index contributed by atoms with van der Waals surface area (Å²) in [5, 5.41) is 12.5. The van der Waals surface area contributed by atoms with Crippen molar-refractivity contribution in [3.05, 3.63) is 0 Å². The fraction of sp³-hybridized carbons (Fsp3) is 0.933. The Balaban J connectivity index is 4.84. The van der Waals surface area contributed by atoms with E-state index in [1.807, 2.05) is 0 Å². The van der Waals surface area contributed by atoms with Gasteiger partial charge < -0.3 is 29.4 Å². The van der Waals surface area contributed by atoms with Gasteiger partial charge in [-0.15, -0.1) is 0 Å². The van der Waals surface area contributed by atoms with Crippen molar-refractivity contribution in [2.24, 2.45) is 0 Å². The molecule has 0 aliphatic carbocycles. The van der Waals surface area contributed by atoms with E-state index in [1.54, 1.807) is 35.0 Å². The molecule has 1 amide bonds. The predicted octanol–water partition coefficient (Wildman–Crippen LogP) is 6.19. The summed E-state index contributed by atoms with van der Waals surface area (Å²) in [5.74, 6) is -1.61. The molecule has 0 fully saturated rings. The number of carboxylic acid groups (broad SMARTS) is 1. The van der Waals surface area contributed by atoms with Crippen LogP contribution in [0.4, 0.5) is 0 Å². The lowest BCUT2D eigenvalue weighted by Crippen LogP contribution is -2.66. The van der Waals surface area contributed by atoms with Gasteiger partial charge in [-0.3, -0.25) is 14.1 Å². The van der Waals surface area contributed by atoms with Gasteiger partial charge in [-0.25, -0.2) is 4.57 Å². The number of phosphoric acid groups is 1. The molecular formula is C30H62N2O8P+. The van der Waals surface area contributed by atoms with E-state index >= 15 is 0 Å². The molecule has 0 saturated carbocycles. The van der Waals surface area contributed by atoms with Crippen molar-refractivity contribution < 1.29 is 42.8 Å². The lowest BCUT2D eigenvalue weighted by atomic mass is 9.85. The molecule has 0 rings (SSSR count). The number of unbranched alkanes of at least 4 members (excludes halogenated alkanes) is 14. The maximum absolute atomic E-state index is 13.0. The fourth-order valence-electron chi connectivity index (χ4n) is 5.62. The zero-order valence-electron chi connectivity index (χ0n) is 26.9. The van der Waals surface area contributed by atoms with Crippen LogP contribution in [0, 0.1) is 0 Å². The molecule has 0 aliphatic heterocycles. The van der Waals surface area contributed by atoms with E-state index in [-0.39, 0.29) is 30.0 Å². The number of nitrogens with zero attached hydrogens (tertiary/aromatic N) is 1. The van der Waals surface area contributed by atoms with Crippen LogP contribution < -0.4 is 5.32 Å². The van der Waals surface area contributed by atoms with E-state index in [0.29, 0.717) is 6.42 Å². The van der Waals surface area contributed by atoms with Gasteiger partial charge in [0.2, 0.25) is 5.91 Å². The summed E-state index contributed by atoms with van der Waals surface area (Å²) in [7, 11) is 0.171. The lowest BCUT2D eigenvalue weighted by Gasteiger charge is -2.44. The second-order valence-electron chi connectivity index (χ2n) is 12.6. The highest BCUT2D eigenvalue weighted by atomic mass is 31.2. The molecule has 3 atom stereocenters. The minimum atomic E-state index is -5.12. The van der Waals surface area contributed by atoms with Crippen molar-refractivity contribution in [3.8, 4) is 0 Å². The molecule has 4 N–H and O–H groups in total. The van der Waals surface area contributed by atoms with Gasteiger partial charge in [0, 0.05) is 13.0 Å². The molecule has 0 spiro atoms. The number of carbonyl (C=O) groups excluding carboxylic acids is 1. The van der Waals surface area contributed by atoms with E-state index in [1.165, 1.54) is 70.6 Å². The molecule has 0 aliphatic rings. The normalized spacial score (nSPS) is 15.3. The summed E-state index contributed by atoms with van der Waals surface area (Å²) < 4.78 is 23.1. The Morgan fingerprint density at radius 2 is 1.27 bits per heavy atom. The number of hydrogen-bond acceptors (Lipinski definition) is 5. The highest BCUT2D eigenvalue weighted by molar-refractivity contribution is 7.46. The number of rotatable bonds is 27. The first kappa shape index (κ1) is 40.0. The number of hydrogen-bond donors (Lipinski definition) is 4. The SMILES string of the molecule is CCCCCCCCCCCCCCCCCC(=O)NC(C(C)OCC)C(CC(=O)O)(C[N+](C)(C)C)OP(=O)(O)O. The van der Waals surface area contributed by atoms with Crippen LogP contribution in [0.15, 0.2) is 0 Å². The second-order valence-corrected chi connectivity index (χ2v) is 13.7. The molecule has 0 aromatic carbocycles. The summed E-state index contributed by atoms with van der Waals surface area (Å²) in [6.07, 6.45) is 17.1. The van der Waals surface area contributed by atoms with Crippen LogP contribution in [0.25, 0.3) is 0 Å². The zero-order chi connectivity index (χ0) is 31.4. The van der Waals surface area contributed by atoms with Gasteiger partial charge in [0.25, 0.3) is 0 Å². The summed E-state index contributed by atoms with van der Waals surface area (Å²) in [4.78, 5) is 44.4. The van der Waals surface area contributed by atoms with Gasteiger partial charge in [-0.1, -0.05) is 96.8 Å². The van der Waals surface area contributed by atoms with Crippen LogP contribution in [-0.4, -0.2) is 83.3 Å². The quantitative estimate of drug-likeness (QED) is 0.0491.